The molecule has 2 unspecified atom stereocenters. The number of benzene rings is 2. The molecular formula is C26H32N2O7. The minimum absolute atomic E-state index is 0.0123. The number of esters is 2. The zero-order valence-corrected chi connectivity index (χ0v) is 20.5. The van der Waals surface area contributed by atoms with Gasteiger partial charge in [0.15, 0.2) is 13.2 Å². The second kappa shape index (κ2) is 13.7. The highest BCUT2D eigenvalue weighted by atomic mass is 16.5. The Morgan fingerprint density at radius 1 is 0.657 bits per heavy atom. The number of ether oxygens (including phenoxy) is 3. The molecule has 9 heteroatoms. The maximum Gasteiger partial charge on any atom is 0.338 e. The van der Waals surface area contributed by atoms with E-state index in [4.69, 9.17) is 14.2 Å². The Hall–Kier alpha value is -3.88. The van der Waals surface area contributed by atoms with Gasteiger partial charge in [-0.3, -0.25) is 9.59 Å². The third kappa shape index (κ3) is 9.48. The fraction of sp³-hybridized carbons (Fsp3) is 0.385. The number of carbonyl (C=O) groups is 4. The summed E-state index contributed by atoms with van der Waals surface area (Å²) in [6, 6.07) is 12.5. The summed E-state index contributed by atoms with van der Waals surface area (Å²) >= 11 is 0. The van der Waals surface area contributed by atoms with Gasteiger partial charge in [0, 0.05) is 12.1 Å². The highest BCUT2D eigenvalue weighted by Gasteiger charge is 2.13. The third-order valence-electron chi connectivity index (χ3n) is 5.12. The first-order valence-corrected chi connectivity index (χ1v) is 11.5. The van der Waals surface area contributed by atoms with Crippen LogP contribution in [0.4, 0.5) is 0 Å². The smallest absolute Gasteiger partial charge is 0.338 e. The molecule has 0 radical (unpaired) electrons. The molecule has 2 N–H and O–H groups in total. The Kier molecular flexibility index (Phi) is 10.7. The number of amides is 2. The molecule has 2 atom stereocenters. The summed E-state index contributed by atoms with van der Waals surface area (Å²) in [5.74, 6) is -1.00. The molecule has 188 valence electrons. The summed E-state index contributed by atoms with van der Waals surface area (Å²) in [5, 5.41) is 5.44. The van der Waals surface area contributed by atoms with Crippen LogP contribution in [0.5, 0.6) is 11.5 Å². The van der Waals surface area contributed by atoms with Crippen LogP contribution in [0.3, 0.4) is 0 Å². The van der Waals surface area contributed by atoms with E-state index in [9.17, 15) is 19.2 Å². The largest absolute Gasteiger partial charge is 0.457 e. The predicted octanol–water partition coefficient (Wildman–Crippen LogP) is 3.62. The zero-order chi connectivity index (χ0) is 25.8. The molecule has 0 spiro atoms. The van der Waals surface area contributed by atoms with Crippen molar-refractivity contribution in [3.8, 4) is 11.5 Å². The molecule has 35 heavy (non-hydrogen) atoms. The number of hydrogen-bond donors (Lipinski definition) is 2. The lowest BCUT2D eigenvalue weighted by Gasteiger charge is -2.12. The van der Waals surface area contributed by atoms with Crippen LogP contribution in [-0.4, -0.2) is 49.1 Å². The molecule has 0 aliphatic rings. The fourth-order valence-corrected chi connectivity index (χ4v) is 2.72. The molecule has 0 aliphatic carbocycles. The predicted molar refractivity (Wildman–Crippen MR) is 129 cm³/mol. The first kappa shape index (κ1) is 27.4. The second-order valence-corrected chi connectivity index (χ2v) is 8.06. The standard InChI is InChI=1S/C26H32N2O7/c1-5-17(3)27-23(29)15-33-25(31)19-7-11-21(12-8-19)35-22-13-9-20(10-14-22)26(32)34-16-24(30)28-18(4)6-2/h7-14,17-18H,5-6,15-16H2,1-4H3,(H,27,29)(H,28,30). The van der Waals surface area contributed by atoms with E-state index in [1.807, 2.05) is 27.7 Å². The van der Waals surface area contributed by atoms with Gasteiger partial charge in [0.2, 0.25) is 0 Å². The van der Waals surface area contributed by atoms with E-state index in [-0.39, 0.29) is 48.2 Å². The van der Waals surface area contributed by atoms with Crippen LogP contribution in [-0.2, 0) is 19.1 Å². The molecule has 2 aromatic rings. The van der Waals surface area contributed by atoms with Gasteiger partial charge in [-0.1, -0.05) is 13.8 Å². The molecule has 9 nitrogen and oxygen atoms in total. The molecule has 2 rings (SSSR count). The van der Waals surface area contributed by atoms with Crippen molar-refractivity contribution in [2.45, 2.75) is 52.6 Å². The van der Waals surface area contributed by atoms with Gasteiger partial charge in [-0.25, -0.2) is 9.59 Å². The SMILES string of the molecule is CCC(C)NC(=O)COC(=O)c1ccc(Oc2ccc(C(=O)OCC(=O)NC(C)CC)cc2)cc1. The first-order chi connectivity index (χ1) is 16.7. The monoisotopic (exact) mass is 484 g/mol. The number of hydrogen-bond acceptors (Lipinski definition) is 7. The van der Waals surface area contributed by atoms with Crippen molar-refractivity contribution in [1.82, 2.24) is 10.6 Å². The van der Waals surface area contributed by atoms with E-state index in [1.165, 1.54) is 24.3 Å². The lowest BCUT2D eigenvalue weighted by Crippen LogP contribution is -2.35. The van der Waals surface area contributed by atoms with Crippen molar-refractivity contribution in [2.75, 3.05) is 13.2 Å². The van der Waals surface area contributed by atoms with Gasteiger partial charge in [-0.05, 0) is 75.2 Å². The van der Waals surface area contributed by atoms with Crippen LogP contribution in [0.1, 0.15) is 61.3 Å². The van der Waals surface area contributed by atoms with Crippen LogP contribution in [0.2, 0.25) is 0 Å². The molecule has 2 amide bonds. The maximum absolute atomic E-state index is 12.1. The fourth-order valence-electron chi connectivity index (χ4n) is 2.72. The van der Waals surface area contributed by atoms with Crippen LogP contribution in [0.25, 0.3) is 0 Å². The Labute approximate surface area is 205 Å². The van der Waals surface area contributed by atoms with Crippen molar-refractivity contribution in [1.29, 1.82) is 0 Å². The number of rotatable bonds is 12. The Bertz CT molecular complexity index is 922. The van der Waals surface area contributed by atoms with Crippen molar-refractivity contribution < 1.29 is 33.4 Å². The first-order valence-electron chi connectivity index (χ1n) is 11.5. The lowest BCUT2D eigenvalue weighted by atomic mass is 10.2. The molecule has 2 aromatic carbocycles. The van der Waals surface area contributed by atoms with E-state index in [0.717, 1.165) is 12.8 Å². The molecule has 0 saturated heterocycles. The van der Waals surface area contributed by atoms with E-state index in [1.54, 1.807) is 24.3 Å². The highest BCUT2D eigenvalue weighted by Crippen LogP contribution is 2.22. The quantitative estimate of drug-likeness (QED) is 0.442. The average Bonchev–Trinajstić information content (AvgIpc) is 2.86. The maximum atomic E-state index is 12.1. The van der Waals surface area contributed by atoms with E-state index >= 15 is 0 Å². The summed E-state index contributed by atoms with van der Waals surface area (Å²) in [6.07, 6.45) is 1.57. The van der Waals surface area contributed by atoms with Gasteiger partial charge < -0.3 is 24.8 Å². The second-order valence-electron chi connectivity index (χ2n) is 8.06. The van der Waals surface area contributed by atoms with Crippen LogP contribution >= 0.6 is 0 Å². The summed E-state index contributed by atoms with van der Waals surface area (Å²) in [4.78, 5) is 47.7. The Balaban J connectivity index is 1.83. The third-order valence-corrected chi connectivity index (χ3v) is 5.12. The van der Waals surface area contributed by atoms with Gasteiger partial charge >= 0.3 is 11.9 Å². The van der Waals surface area contributed by atoms with E-state index in [2.05, 4.69) is 10.6 Å². The molecule has 0 aliphatic heterocycles. The normalized spacial score (nSPS) is 12.1. The average molecular weight is 485 g/mol. The molecule has 0 fully saturated rings. The summed E-state index contributed by atoms with van der Waals surface area (Å²) in [7, 11) is 0. The van der Waals surface area contributed by atoms with Crippen LogP contribution in [0, 0.1) is 0 Å². The molecule has 0 aromatic heterocycles. The topological polar surface area (TPSA) is 120 Å². The van der Waals surface area contributed by atoms with E-state index < -0.39 is 11.9 Å². The molecule has 0 heterocycles. The Morgan fingerprint density at radius 3 is 1.31 bits per heavy atom. The number of carbonyl (C=O) groups excluding carboxylic acids is 4. The lowest BCUT2D eigenvalue weighted by molar-refractivity contribution is -0.125. The van der Waals surface area contributed by atoms with Crippen molar-refractivity contribution in [3.05, 3.63) is 59.7 Å². The zero-order valence-electron chi connectivity index (χ0n) is 20.5. The summed E-state index contributed by atoms with van der Waals surface area (Å²) < 4.78 is 15.8. The minimum atomic E-state index is -0.614. The van der Waals surface area contributed by atoms with Crippen LogP contribution in [0.15, 0.2) is 48.5 Å². The van der Waals surface area contributed by atoms with Gasteiger partial charge in [0.25, 0.3) is 11.8 Å². The summed E-state index contributed by atoms with van der Waals surface area (Å²) in [5.41, 5.74) is 0.563. The van der Waals surface area contributed by atoms with E-state index in [0.29, 0.717) is 11.5 Å². The van der Waals surface area contributed by atoms with Gasteiger partial charge in [0.05, 0.1) is 11.1 Å². The molecule has 0 saturated carbocycles. The number of nitrogens with one attached hydrogen (secondary N) is 2. The van der Waals surface area contributed by atoms with Crippen LogP contribution < -0.4 is 15.4 Å². The van der Waals surface area contributed by atoms with Crippen molar-refractivity contribution in [2.24, 2.45) is 0 Å². The summed E-state index contributed by atoms with van der Waals surface area (Å²) in [6.45, 7) is 6.93. The van der Waals surface area contributed by atoms with Gasteiger partial charge in [-0.2, -0.15) is 0 Å². The van der Waals surface area contributed by atoms with Gasteiger partial charge in [0.1, 0.15) is 11.5 Å². The molecule has 0 bridgehead atoms. The minimum Gasteiger partial charge on any atom is -0.457 e. The highest BCUT2D eigenvalue weighted by molar-refractivity contribution is 5.92. The molecular weight excluding hydrogens is 452 g/mol. The van der Waals surface area contributed by atoms with Crippen molar-refractivity contribution >= 4 is 23.8 Å². The Morgan fingerprint density at radius 2 is 1.00 bits per heavy atom. The van der Waals surface area contributed by atoms with Gasteiger partial charge in [-0.15, -0.1) is 0 Å². The van der Waals surface area contributed by atoms with Crippen molar-refractivity contribution in [3.63, 3.8) is 0 Å².